The first-order chi connectivity index (χ1) is 5.58. The summed E-state index contributed by atoms with van der Waals surface area (Å²) >= 11 is 0. The van der Waals surface area contributed by atoms with Gasteiger partial charge in [0.1, 0.15) is 0 Å². The van der Waals surface area contributed by atoms with E-state index in [9.17, 15) is 4.79 Å². The summed E-state index contributed by atoms with van der Waals surface area (Å²) in [5.41, 5.74) is 0. The van der Waals surface area contributed by atoms with E-state index in [1.165, 1.54) is 7.11 Å². The number of hydrogen-bond acceptors (Lipinski definition) is 3. The van der Waals surface area contributed by atoms with Gasteiger partial charge in [-0.2, -0.15) is 0 Å². The molecule has 0 unspecified atom stereocenters. The van der Waals surface area contributed by atoms with Crippen LogP contribution in [0.1, 0.15) is 6.42 Å². The summed E-state index contributed by atoms with van der Waals surface area (Å²) in [5.74, 6) is -0.394. The van der Waals surface area contributed by atoms with Crippen LogP contribution in [0.4, 0.5) is 0 Å². The van der Waals surface area contributed by atoms with Gasteiger partial charge in [0.25, 0.3) is 0 Å². The molecular formula is C9H18NO2. The second-order valence-electron chi connectivity index (χ2n) is 2.38. The van der Waals surface area contributed by atoms with Gasteiger partial charge < -0.3 is 9.64 Å². The zero-order valence-corrected chi connectivity index (χ0v) is 8.17. The van der Waals surface area contributed by atoms with Gasteiger partial charge in [0, 0.05) is 6.08 Å². The van der Waals surface area contributed by atoms with E-state index in [0.29, 0.717) is 0 Å². The van der Waals surface area contributed by atoms with Crippen LogP contribution >= 0.6 is 0 Å². The number of carbonyl (C=O) groups is 1. The van der Waals surface area contributed by atoms with Crippen LogP contribution in [0, 0.1) is 6.92 Å². The first-order valence-corrected chi connectivity index (χ1v) is 3.72. The van der Waals surface area contributed by atoms with Crippen molar-refractivity contribution in [3.05, 3.63) is 19.6 Å². The second-order valence-corrected chi connectivity index (χ2v) is 2.38. The molecule has 0 bridgehead atoms. The lowest BCUT2D eigenvalue weighted by atomic mass is 10.5. The number of methoxy groups -OCH3 is 1. The number of rotatable bonds is 3. The molecule has 0 amide bonds. The predicted molar refractivity (Wildman–Crippen MR) is 50.7 cm³/mol. The molecule has 0 aliphatic rings. The Balaban J connectivity index is 0. The van der Waals surface area contributed by atoms with Gasteiger partial charge in [-0.15, -0.1) is 0 Å². The first-order valence-electron chi connectivity index (χ1n) is 3.72. The molecule has 0 aromatic carbocycles. The Hall–Kier alpha value is -0.830. The van der Waals surface area contributed by atoms with Gasteiger partial charge in [-0.3, -0.25) is 0 Å². The molecule has 0 heterocycles. The van der Waals surface area contributed by atoms with Crippen molar-refractivity contribution in [2.75, 3.05) is 27.7 Å². The molecule has 0 aromatic rings. The highest BCUT2D eigenvalue weighted by molar-refractivity contribution is 5.80. The summed E-state index contributed by atoms with van der Waals surface area (Å²) in [6, 6.07) is 0. The summed E-state index contributed by atoms with van der Waals surface area (Å²) in [5, 5.41) is 0. The molecule has 0 aromatic heterocycles. The largest absolute Gasteiger partial charge is 0.466 e. The zero-order valence-electron chi connectivity index (χ0n) is 8.17. The van der Waals surface area contributed by atoms with Crippen LogP contribution in [0.3, 0.4) is 0 Å². The van der Waals surface area contributed by atoms with E-state index in [4.69, 9.17) is 0 Å². The Morgan fingerprint density at radius 1 is 1.58 bits per heavy atom. The van der Waals surface area contributed by atoms with Crippen molar-refractivity contribution in [3.8, 4) is 0 Å². The minimum atomic E-state index is -0.394. The van der Waals surface area contributed by atoms with Crippen LogP contribution in [0.15, 0.2) is 12.7 Å². The van der Waals surface area contributed by atoms with Gasteiger partial charge in [-0.25, -0.2) is 4.79 Å². The number of carbonyl (C=O) groups excluding carboxylic acids is 1. The summed E-state index contributed by atoms with van der Waals surface area (Å²) < 4.78 is 4.14. The van der Waals surface area contributed by atoms with Crippen LogP contribution in [-0.2, 0) is 9.53 Å². The molecule has 3 heteroatoms. The standard InChI is InChI=1S/C5H12N.C4H6O2/c1-4-5-6(2)3;1-3-4(5)6-2/h1,4-5H2,2-3H3;3H,1H2,2H3. The van der Waals surface area contributed by atoms with Crippen molar-refractivity contribution < 1.29 is 9.53 Å². The lowest BCUT2D eigenvalue weighted by Crippen LogP contribution is -2.11. The van der Waals surface area contributed by atoms with Gasteiger partial charge >= 0.3 is 5.97 Å². The lowest BCUT2D eigenvalue weighted by Gasteiger charge is -2.03. The van der Waals surface area contributed by atoms with Crippen LogP contribution < -0.4 is 0 Å². The van der Waals surface area contributed by atoms with E-state index in [-0.39, 0.29) is 0 Å². The Bertz CT molecular complexity index is 122. The smallest absolute Gasteiger partial charge is 0.329 e. The van der Waals surface area contributed by atoms with E-state index in [1.54, 1.807) is 0 Å². The van der Waals surface area contributed by atoms with Crippen LogP contribution in [0.25, 0.3) is 0 Å². The monoisotopic (exact) mass is 172 g/mol. The van der Waals surface area contributed by atoms with E-state index in [0.717, 1.165) is 19.0 Å². The fourth-order valence-corrected chi connectivity index (χ4v) is 0.400. The average molecular weight is 172 g/mol. The Labute approximate surface area is 75.0 Å². The molecule has 0 saturated heterocycles. The third-order valence-corrected chi connectivity index (χ3v) is 0.973. The molecule has 0 rings (SSSR count). The maximum absolute atomic E-state index is 9.84. The molecular weight excluding hydrogens is 154 g/mol. The molecule has 12 heavy (non-hydrogen) atoms. The van der Waals surface area contributed by atoms with Gasteiger partial charge in [0.05, 0.1) is 7.11 Å². The minimum absolute atomic E-state index is 0.394. The number of nitrogens with zero attached hydrogens (tertiary/aromatic N) is 1. The molecule has 3 nitrogen and oxygen atoms in total. The normalized spacial score (nSPS) is 8.42. The number of ether oxygens (including phenoxy) is 1. The predicted octanol–water partition coefficient (Wildman–Crippen LogP) is 1.12. The Morgan fingerprint density at radius 2 is 2.08 bits per heavy atom. The molecule has 1 radical (unpaired) electrons. The van der Waals surface area contributed by atoms with Crippen molar-refractivity contribution in [2.45, 2.75) is 6.42 Å². The highest BCUT2D eigenvalue weighted by atomic mass is 16.5. The maximum atomic E-state index is 9.84. The van der Waals surface area contributed by atoms with E-state index in [2.05, 4.69) is 23.1 Å². The van der Waals surface area contributed by atoms with Crippen molar-refractivity contribution >= 4 is 5.97 Å². The van der Waals surface area contributed by atoms with E-state index >= 15 is 0 Å². The van der Waals surface area contributed by atoms with Gasteiger partial charge in [-0.1, -0.05) is 13.5 Å². The van der Waals surface area contributed by atoms with Crippen LogP contribution in [-0.4, -0.2) is 38.6 Å². The van der Waals surface area contributed by atoms with Crippen molar-refractivity contribution in [3.63, 3.8) is 0 Å². The first kappa shape index (κ1) is 13.7. The van der Waals surface area contributed by atoms with Gasteiger partial charge in [-0.05, 0) is 27.1 Å². The molecule has 0 fully saturated rings. The van der Waals surface area contributed by atoms with E-state index in [1.807, 2.05) is 14.1 Å². The molecule has 0 spiro atoms. The Kier molecular flexibility index (Phi) is 11.6. The average Bonchev–Trinajstić information content (AvgIpc) is 2.04. The molecule has 71 valence electrons. The van der Waals surface area contributed by atoms with Crippen LogP contribution in [0.2, 0.25) is 0 Å². The van der Waals surface area contributed by atoms with Crippen molar-refractivity contribution in [1.29, 1.82) is 0 Å². The SMILES string of the molecule is C=CC(=O)OC.[CH2]CCN(C)C. The third kappa shape index (κ3) is 16.1. The summed E-state index contributed by atoms with van der Waals surface area (Å²) in [7, 11) is 5.40. The second kappa shape index (κ2) is 10.2. The molecule has 0 aliphatic heterocycles. The highest BCUT2D eigenvalue weighted by Crippen LogP contribution is 1.75. The van der Waals surface area contributed by atoms with Gasteiger partial charge in [0.2, 0.25) is 0 Å². The maximum Gasteiger partial charge on any atom is 0.329 e. The summed E-state index contributed by atoms with van der Waals surface area (Å²) in [6.45, 7) is 7.94. The fourth-order valence-electron chi connectivity index (χ4n) is 0.400. The molecule has 0 N–H and O–H groups in total. The lowest BCUT2D eigenvalue weighted by molar-refractivity contribution is -0.134. The number of hydrogen-bond donors (Lipinski definition) is 0. The molecule has 0 aliphatic carbocycles. The summed E-state index contributed by atoms with van der Waals surface area (Å²) in [4.78, 5) is 12.0. The Morgan fingerprint density at radius 3 is 2.08 bits per heavy atom. The van der Waals surface area contributed by atoms with Crippen LogP contribution in [0.5, 0.6) is 0 Å². The van der Waals surface area contributed by atoms with Crippen molar-refractivity contribution in [1.82, 2.24) is 4.90 Å². The topological polar surface area (TPSA) is 29.5 Å². The summed E-state index contributed by atoms with van der Waals surface area (Å²) in [6.07, 6.45) is 2.12. The fraction of sp³-hybridized carbons (Fsp3) is 0.556. The highest BCUT2D eigenvalue weighted by Gasteiger charge is 1.82. The molecule has 0 atom stereocenters. The quantitative estimate of drug-likeness (QED) is 0.472. The zero-order chi connectivity index (χ0) is 9.98. The third-order valence-electron chi connectivity index (χ3n) is 0.973. The van der Waals surface area contributed by atoms with Gasteiger partial charge in [0.15, 0.2) is 0 Å². The number of esters is 1. The molecule has 0 saturated carbocycles. The minimum Gasteiger partial charge on any atom is -0.466 e. The van der Waals surface area contributed by atoms with Crippen molar-refractivity contribution in [2.24, 2.45) is 0 Å². The van der Waals surface area contributed by atoms with E-state index < -0.39 is 5.97 Å².